The highest BCUT2D eigenvalue weighted by molar-refractivity contribution is 8.01. The second-order valence-corrected chi connectivity index (χ2v) is 9.49. The van der Waals surface area contributed by atoms with Crippen LogP contribution in [0.15, 0.2) is 24.3 Å². The minimum Gasteiger partial charge on any atom is -0.459 e. The van der Waals surface area contributed by atoms with Crippen molar-refractivity contribution in [2.75, 3.05) is 44.8 Å². The van der Waals surface area contributed by atoms with Crippen LogP contribution in [0.3, 0.4) is 0 Å². The molecule has 0 spiro atoms. The Bertz CT molecular complexity index is 720. The molecule has 0 heterocycles. The molecular weight excluding hydrogens is 409 g/mol. The number of thioether (sulfide) groups is 1. The van der Waals surface area contributed by atoms with Gasteiger partial charge >= 0.3 is 5.97 Å². The molecule has 1 unspecified atom stereocenters. The molecule has 0 fully saturated rings. The van der Waals surface area contributed by atoms with Gasteiger partial charge in [-0.05, 0) is 66.1 Å². The minimum atomic E-state index is -0.633. The van der Waals surface area contributed by atoms with Crippen molar-refractivity contribution in [3.63, 3.8) is 0 Å². The van der Waals surface area contributed by atoms with E-state index in [4.69, 9.17) is 4.74 Å². The van der Waals surface area contributed by atoms with Gasteiger partial charge in [-0.25, -0.2) is 4.39 Å². The second-order valence-electron chi connectivity index (χ2n) is 8.16. The van der Waals surface area contributed by atoms with Gasteiger partial charge < -0.3 is 19.9 Å². The van der Waals surface area contributed by atoms with E-state index in [9.17, 15) is 18.8 Å². The number of amides is 2. The van der Waals surface area contributed by atoms with Crippen LogP contribution in [0.4, 0.5) is 10.1 Å². The predicted molar refractivity (Wildman–Crippen MR) is 118 cm³/mol. The number of nitrogens with one attached hydrogen (secondary N) is 1. The fraction of sp³-hybridized carbons (Fsp3) is 0.571. The normalized spacial score (nSPS) is 12.4. The van der Waals surface area contributed by atoms with Crippen molar-refractivity contribution in [2.45, 2.75) is 38.5 Å². The number of nitrogens with zero attached hydrogens (tertiary/aromatic N) is 2. The number of carbonyl (C=O) groups excluding carboxylic acids is 3. The standard InChI is InChI=1S/C21H32FN3O4S/c1-15(30-14-18(26)23-17-9-7-16(22)8-10-17)20(28)25(12-11-24(5)6)13-19(27)29-21(2,3)4/h7-10,15H,11-14H2,1-6H3,(H,23,26). The van der Waals surface area contributed by atoms with Gasteiger partial charge in [-0.15, -0.1) is 11.8 Å². The third-order valence-corrected chi connectivity index (χ3v) is 4.94. The molecule has 0 saturated carbocycles. The van der Waals surface area contributed by atoms with E-state index in [1.165, 1.54) is 40.9 Å². The van der Waals surface area contributed by atoms with Crippen LogP contribution in [-0.4, -0.2) is 77.9 Å². The molecule has 1 N–H and O–H groups in total. The zero-order valence-electron chi connectivity index (χ0n) is 18.5. The van der Waals surface area contributed by atoms with Crippen molar-refractivity contribution in [3.8, 4) is 0 Å². The molecule has 0 aliphatic heterocycles. The van der Waals surface area contributed by atoms with Gasteiger partial charge in [0, 0.05) is 18.8 Å². The van der Waals surface area contributed by atoms with Crippen molar-refractivity contribution in [2.24, 2.45) is 0 Å². The van der Waals surface area contributed by atoms with Crippen molar-refractivity contribution in [1.29, 1.82) is 0 Å². The molecule has 1 atom stereocenters. The molecule has 0 saturated heterocycles. The summed E-state index contributed by atoms with van der Waals surface area (Å²) < 4.78 is 18.3. The van der Waals surface area contributed by atoms with Gasteiger partial charge in [0.25, 0.3) is 0 Å². The lowest BCUT2D eigenvalue weighted by Gasteiger charge is -2.28. The molecule has 0 radical (unpaired) electrons. The second kappa shape index (κ2) is 11.9. The Labute approximate surface area is 182 Å². The lowest BCUT2D eigenvalue weighted by atomic mass is 10.2. The molecule has 168 valence electrons. The quantitative estimate of drug-likeness (QED) is 0.563. The Morgan fingerprint density at radius 1 is 1.13 bits per heavy atom. The van der Waals surface area contributed by atoms with E-state index in [0.717, 1.165) is 0 Å². The Morgan fingerprint density at radius 2 is 1.73 bits per heavy atom. The van der Waals surface area contributed by atoms with Crippen LogP contribution in [0, 0.1) is 5.82 Å². The Balaban J connectivity index is 2.63. The fourth-order valence-electron chi connectivity index (χ4n) is 2.38. The number of esters is 1. The van der Waals surface area contributed by atoms with Crippen LogP contribution >= 0.6 is 11.8 Å². The van der Waals surface area contributed by atoms with Crippen LogP contribution in [0.1, 0.15) is 27.7 Å². The minimum absolute atomic E-state index is 0.0538. The van der Waals surface area contributed by atoms with Gasteiger partial charge in [0.1, 0.15) is 18.0 Å². The number of likely N-dealkylation sites (N-methyl/N-ethyl adjacent to an activating group) is 1. The van der Waals surface area contributed by atoms with Gasteiger partial charge in [-0.1, -0.05) is 0 Å². The van der Waals surface area contributed by atoms with E-state index >= 15 is 0 Å². The molecule has 0 aliphatic carbocycles. The molecule has 1 rings (SSSR count). The van der Waals surface area contributed by atoms with Crippen LogP contribution in [-0.2, 0) is 19.1 Å². The number of carbonyl (C=O) groups is 3. The first-order valence-electron chi connectivity index (χ1n) is 9.70. The zero-order valence-corrected chi connectivity index (χ0v) is 19.3. The third-order valence-electron chi connectivity index (χ3n) is 3.81. The largest absolute Gasteiger partial charge is 0.459 e. The third kappa shape index (κ3) is 10.6. The molecular formula is C21H32FN3O4S. The van der Waals surface area contributed by atoms with Gasteiger partial charge in [0.05, 0.1) is 11.0 Å². The van der Waals surface area contributed by atoms with Gasteiger partial charge in [0.15, 0.2) is 0 Å². The summed E-state index contributed by atoms with van der Waals surface area (Å²) in [5.74, 6) is -1.33. The summed E-state index contributed by atoms with van der Waals surface area (Å²) in [6, 6.07) is 5.45. The smallest absolute Gasteiger partial charge is 0.326 e. The van der Waals surface area contributed by atoms with Crippen LogP contribution < -0.4 is 5.32 Å². The first kappa shape index (κ1) is 25.9. The van der Waals surface area contributed by atoms with Gasteiger partial charge in [-0.2, -0.15) is 0 Å². The zero-order chi connectivity index (χ0) is 22.9. The number of halogens is 1. The summed E-state index contributed by atoms with van der Waals surface area (Å²) >= 11 is 1.17. The number of benzene rings is 1. The molecule has 0 aromatic heterocycles. The highest BCUT2D eigenvalue weighted by Gasteiger charge is 2.26. The van der Waals surface area contributed by atoms with E-state index in [1.807, 2.05) is 19.0 Å². The van der Waals surface area contributed by atoms with E-state index in [2.05, 4.69) is 5.32 Å². The van der Waals surface area contributed by atoms with Crippen LogP contribution in [0.25, 0.3) is 0 Å². The molecule has 1 aromatic carbocycles. The summed E-state index contributed by atoms with van der Waals surface area (Å²) in [7, 11) is 3.77. The average molecular weight is 442 g/mol. The molecule has 7 nitrogen and oxygen atoms in total. The summed E-state index contributed by atoms with van der Waals surface area (Å²) in [4.78, 5) is 40.6. The van der Waals surface area contributed by atoms with Gasteiger partial charge in [0.2, 0.25) is 11.8 Å². The molecule has 2 amide bonds. The van der Waals surface area contributed by atoms with Crippen molar-refractivity contribution in [1.82, 2.24) is 9.80 Å². The Hall–Kier alpha value is -2.13. The summed E-state index contributed by atoms with van der Waals surface area (Å²) in [6.45, 7) is 7.85. The van der Waals surface area contributed by atoms with E-state index < -0.39 is 16.8 Å². The highest BCUT2D eigenvalue weighted by Crippen LogP contribution is 2.16. The van der Waals surface area contributed by atoms with E-state index in [1.54, 1.807) is 27.7 Å². The number of ether oxygens (including phenoxy) is 1. The fourth-order valence-corrected chi connectivity index (χ4v) is 3.14. The number of anilines is 1. The number of hydrogen-bond donors (Lipinski definition) is 1. The maximum absolute atomic E-state index is 12.9. The molecule has 30 heavy (non-hydrogen) atoms. The molecule has 0 aliphatic rings. The van der Waals surface area contributed by atoms with E-state index in [0.29, 0.717) is 18.8 Å². The molecule has 9 heteroatoms. The summed E-state index contributed by atoms with van der Waals surface area (Å²) in [5, 5.41) is 2.14. The number of hydrogen-bond acceptors (Lipinski definition) is 6. The highest BCUT2D eigenvalue weighted by atomic mass is 32.2. The monoisotopic (exact) mass is 441 g/mol. The van der Waals surface area contributed by atoms with Crippen molar-refractivity contribution in [3.05, 3.63) is 30.1 Å². The first-order valence-corrected chi connectivity index (χ1v) is 10.7. The maximum Gasteiger partial charge on any atom is 0.326 e. The Kier molecular flexibility index (Phi) is 10.3. The topological polar surface area (TPSA) is 79.0 Å². The maximum atomic E-state index is 12.9. The predicted octanol–water partition coefficient (Wildman–Crippen LogP) is 2.62. The summed E-state index contributed by atoms with van der Waals surface area (Å²) in [6.07, 6.45) is 0. The lowest BCUT2D eigenvalue weighted by Crippen LogP contribution is -2.45. The summed E-state index contributed by atoms with van der Waals surface area (Å²) in [5.41, 5.74) is -0.148. The molecule has 1 aromatic rings. The van der Waals surface area contributed by atoms with Crippen LogP contribution in [0.5, 0.6) is 0 Å². The number of rotatable bonds is 10. The average Bonchev–Trinajstić information content (AvgIpc) is 2.62. The van der Waals surface area contributed by atoms with Crippen molar-refractivity contribution >= 4 is 35.2 Å². The van der Waals surface area contributed by atoms with E-state index in [-0.39, 0.29) is 29.9 Å². The Morgan fingerprint density at radius 3 is 2.27 bits per heavy atom. The van der Waals surface area contributed by atoms with Crippen molar-refractivity contribution < 1.29 is 23.5 Å². The SMILES string of the molecule is CC(SCC(=O)Nc1ccc(F)cc1)C(=O)N(CCN(C)C)CC(=O)OC(C)(C)C. The lowest BCUT2D eigenvalue weighted by molar-refractivity contribution is -0.158. The molecule has 0 bridgehead atoms. The van der Waals surface area contributed by atoms with Gasteiger partial charge in [-0.3, -0.25) is 14.4 Å². The van der Waals surface area contributed by atoms with Crippen LogP contribution in [0.2, 0.25) is 0 Å². The first-order chi connectivity index (χ1) is 13.9.